The van der Waals surface area contributed by atoms with E-state index in [9.17, 15) is 4.79 Å². The minimum Gasteiger partial charge on any atom is -0.354 e. The van der Waals surface area contributed by atoms with Crippen molar-refractivity contribution in [2.45, 2.75) is 38.1 Å². The van der Waals surface area contributed by atoms with Gasteiger partial charge in [0, 0.05) is 26.3 Å². The summed E-state index contributed by atoms with van der Waals surface area (Å²) in [5.41, 5.74) is 2.06. The summed E-state index contributed by atoms with van der Waals surface area (Å²) in [6.07, 6.45) is 6.64. The number of carbonyl (C=O) groups excluding carboxylic acids is 1. The Morgan fingerprint density at radius 3 is 2.80 bits per heavy atom. The second-order valence-corrected chi connectivity index (χ2v) is 6.23. The van der Waals surface area contributed by atoms with Crippen molar-refractivity contribution in [3.05, 3.63) is 23.5 Å². The number of nitrogens with one attached hydrogen (secondary N) is 1. The van der Waals surface area contributed by atoms with Crippen molar-refractivity contribution in [2.75, 3.05) is 20.1 Å². The predicted octanol–water partition coefficient (Wildman–Crippen LogP) is 2.32. The first-order valence-corrected chi connectivity index (χ1v) is 7.82. The summed E-state index contributed by atoms with van der Waals surface area (Å²) in [6.45, 7) is 2.45. The van der Waals surface area contributed by atoms with Crippen molar-refractivity contribution in [1.82, 2.24) is 14.8 Å². The largest absolute Gasteiger partial charge is 0.354 e. The van der Waals surface area contributed by atoms with Gasteiger partial charge in [0.15, 0.2) is 0 Å². The Morgan fingerprint density at radius 2 is 2.10 bits per heavy atom. The number of hydrogen-bond acceptors (Lipinski definition) is 2. The first-order valence-electron chi connectivity index (χ1n) is 7.82. The lowest BCUT2D eigenvalue weighted by Crippen LogP contribution is -2.36. The van der Waals surface area contributed by atoms with E-state index in [1.165, 1.54) is 50.9 Å². The van der Waals surface area contributed by atoms with Gasteiger partial charge >= 0.3 is 0 Å². The SMILES string of the molecule is CNC(=O)c1ccc([C@H]2CCCCN2CC2CC2)n1C. The molecule has 1 aromatic rings. The van der Waals surface area contributed by atoms with Crippen LogP contribution in [0.2, 0.25) is 0 Å². The average Bonchev–Trinajstić information content (AvgIpc) is 3.20. The third-order valence-corrected chi connectivity index (χ3v) is 4.77. The molecule has 1 aromatic heterocycles. The van der Waals surface area contributed by atoms with Gasteiger partial charge in [0.1, 0.15) is 5.69 Å². The molecule has 1 atom stereocenters. The van der Waals surface area contributed by atoms with Gasteiger partial charge in [-0.2, -0.15) is 0 Å². The van der Waals surface area contributed by atoms with Gasteiger partial charge in [-0.25, -0.2) is 0 Å². The molecule has 0 radical (unpaired) electrons. The summed E-state index contributed by atoms with van der Waals surface area (Å²) in [5, 5.41) is 2.72. The van der Waals surface area contributed by atoms with E-state index in [2.05, 4.69) is 20.9 Å². The fraction of sp³-hybridized carbons (Fsp3) is 0.688. The lowest BCUT2D eigenvalue weighted by Gasteiger charge is -2.36. The maximum atomic E-state index is 11.9. The highest BCUT2D eigenvalue weighted by Gasteiger charge is 2.31. The van der Waals surface area contributed by atoms with E-state index in [0.29, 0.717) is 6.04 Å². The molecule has 3 rings (SSSR count). The maximum Gasteiger partial charge on any atom is 0.267 e. The van der Waals surface area contributed by atoms with Gasteiger partial charge in [0.2, 0.25) is 0 Å². The van der Waals surface area contributed by atoms with Crippen LogP contribution in [-0.2, 0) is 7.05 Å². The molecule has 0 spiro atoms. The van der Waals surface area contributed by atoms with Crippen LogP contribution in [-0.4, -0.2) is 35.5 Å². The van der Waals surface area contributed by atoms with E-state index >= 15 is 0 Å². The molecule has 2 aliphatic rings. The highest BCUT2D eigenvalue weighted by molar-refractivity contribution is 5.92. The number of hydrogen-bond donors (Lipinski definition) is 1. The Labute approximate surface area is 121 Å². The predicted molar refractivity (Wildman–Crippen MR) is 79.7 cm³/mol. The third kappa shape index (κ3) is 2.62. The zero-order chi connectivity index (χ0) is 14.1. The van der Waals surface area contributed by atoms with Crippen LogP contribution in [0, 0.1) is 5.92 Å². The molecule has 1 amide bonds. The van der Waals surface area contributed by atoms with Crippen LogP contribution in [0.4, 0.5) is 0 Å². The zero-order valence-corrected chi connectivity index (χ0v) is 12.6. The van der Waals surface area contributed by atoms with Crippen LogP contribution >= 0.6 is 0 Å². The zero-order valence-electron chi connectivity index (χ0n) is 12.6. The monoisotopic (exact) mass is 275 g/mol. The second kappa shape index (κ2) is 5.60. The maximum absolute atomic E-state index is 11.9. The molecule has 110 valence electrons. The molecule has 1 aliphatic heterocycles. The molecule has 20 heavy (non-hydrogen) atoms. The lowest BCUT2D eigenvalue weighted by atomic mass is 9.99. The minimum absolute atomic E-state index is 0.00306. The van der Waals surface area contributed by atoms with Gasteiger partial charge < -0.3 is 9.88 Å². The molecule has 4 nitrogen and oxygen atoms in total. The average molecular weight is 275 g/mol. The van der Waals surface area contributed by atoms with Crippen molar-refractivity contribution in [3.8, 4) is 0 Å². The number of amides is 1. The molecule has 0 bridgehead atoms. The van der Waals surface area contributed by atoms with Crippen LogP contribution in [0.1, 0.15) is 54.3 Å². The molecule has 0 aromatic carbocycles. The Hall–Kier alpha value is -1.29. The van der Waals surface area contributed by atoms with Crippen molar-refractivity contribution >= 4 is 5.91 Å². The number of rotatable bonds is 4. The first-order chi connectivity index (χ1) is 9.70. The summed E-state index contributed by atoms with van der Waals surface area (Å²) in [7, 11) is 3.71. The normalized spacial score (nSPS) is 23.8. The van der Waals surface area contributed by atoms with Gasteiger partial charge in [-0.3, -0.25) is 9.69 Å². The molecule has 1 saturated heterocycles. The number of piperidine rings is 1. The van der Waals surface area contributed by atoms with E-state index in [-0.39, 0.29) is 5.91 Å². The van der Waals surface area contributed by atoms with Crippen LogP contribution in [0.25, 0.3) is 0 Å². The molecule has 2 fully saturated rings. The van der Waals surface area contributed by atoms with Crippen LogP contribution in [0.5, 0.6) is 0 Å². The Bertz CT molecular complexity index is 490. The van der Waals surface area contributed by atoms with Crippen molar-refractivity contribution in [2.24, 2.45) is 13.0 Å². The summed E-state index contributed by atoms with van der Waals surface area (Å²) in [5.74, 6) is 0.928. The number of likely N-dealkylation sites (tertiary alicyclic amines) is 1. The molecule has 0 unspecified atom stereocenters. The van der Waals surface area contributed by atoms with Gasteiger partial charge in [0.05, 0.1) is 6.04 Å². The van der Waals surface area contributed by atoms with E-state index in [1.807, 2.05) is 13.1 Å². The topological polar surface area (TPSA) is 37.3 Å². The fourth-order valence-electron chi connectivity index (χ4n) is 3.39. The van der Waals surface area contributed by atoms with E-state index < -0.39 is 0 Å². The Kier molecular flexibility index (Phi) is 3.83. The van der Waals surface area contributed by atoms with Crippen LogP contribution in [0.3, 0.4) is 0 Å². The number of carbonyl (C=O) groups is 1. The van der Waals surface area contributed by atoms with Crippen molar-refractivity contribution in [3.63, 3.8) is 0 Å². The van der Waals surface area contributed by atoms with Crippen molar-refractivity contribution in [1.29, 1.82) is 0 Å². The van der Waals surface area contributed by atoms with E-state index in [1.54, 1.807) is 7.05 Å². The summed E-state index contributed by atoms with van der Waals surface area (Å²) < 4.78 is 2.08. The highest BCUT2D eigenvalue weighted by Crippen LogP contribution is 2.37. The van der Waals surface area contributed by atoms with E-state index in [0.717, 1.165) is 11.6 Å². The summed E-state index contributed by atoms with van der Waals surface area (Å²) in [6, 6.07) is 4.59. The summed E-state index contributed by atoms with van der Waals surface area (Å²) >= 11 is 0. The van der Waals surface area contributed by atoms with Gasteiger partial charge in [-0.1, -0.05) is 6.42 Å². The quantitative estimate of drug-likeness (QED) is 0.915. The molecule has 2 heterocycles. The minimum atomic E-state index is 0.00306. The highest BCUT2D eigenvalue weighted by atomic mass is 16.1. The van der Waals surface area contributed by atoms with E-state index in [4.69, 9.17) is 0 Å². The number of nitrogens with zero attached hydrogens (tertiary/aromatic N) is 2. The molecule has 1 saturated carbocycles. The second-order valence-electron chi connectivity index (χ2n) is 6.23. The first kappa shape index (κ1) is 13.7. The van der Waals surface area contributed by atoms with Gasteiger partial charge in [-0.05, 0) is 50.3 Å². The van der Waals surface area contributed by atoms with Crippen LogP contribution < -0.4 is 5.32 Å². The molecular weight excluding hydrogens is 250 g/mol. The van der Waals surface area contributed by atoms with Gasteiger partial charge in [-0.15, -0.1) is 0 Å². The Morgan fingerprint density at radius 1 is 1.30 bits per heavy atom. The van der Waals surface area contributed by atoms with Gasteiger partial charge in [0.25, 0.3) is 5.91 Å². The third-order valence-electron chi connectivity index (χ3n) is 4.77. The standard InChI is InChI=1S/C16H25N3O/c1-17-16(20)15-9-8-13(18(15)2)14-5-3-4-10-19(14)11-12-6-7-12/h8-9,12,14H,3-7,10-11H2,1-2H3,(H,17,20)/t14-/m1/s1. The summed E-state index contributed by atoms with van der Waals surface area (Å²) in [4.78, 5) is 14.5. The molecule has 1 aliphatic carbocycles. The van der Waals surface area contributed by atoms with Crippen LogP contribution in [0.15, 0.2) is 12.1 Å². The lowest BCUT2D eigenvalue weighted by molar-refractivity contribution is 0.0952. The molecule has 4 heteroatoms. The fourth-order valence-corrected chi connectivity index (χ4v) is 3.39. The smallest absolute Gasteiger partial charge is 0.267 e. The number of aromatic nitrogens is 1. The molecular formula is C16H25N3O. The Balaban J connectivity index is 1.81. The van der Waals surface area contributed by atoms with Crippen molar-refractivity contribution < 1.29 is 4.79 Å². The molecule has 1 N–H and O–H groups in total.